The van der Waals surface area contributed by atoms with Gasteiger partial charge in [0.05, 0.1) is 41.9 Å². The van der Waals surface area contributed by atoms with E-state index in [9.17, 15) is 17.6 Å². The summed E-state index contributed by atoms with van der Waals surface area (Å²) in [6.45, 7) is 1.04. The number of halogens is 1. The Balaban J connectivity index is 0.000000219. The second-order valence-electron chi connectivity index (χ2n) is 10.7. The number of amides is 1. The number of carbonyl (C=O) groups excluding carboxylic acids is 1. The molecule has 3 fully saturated rings. The maximum absolute atomic E-state index is 13.3. The van der Waals surface area contributed by atoms with Crippen LogP contribution in [0.4, 0.5) is 10.1 Å². The van der Waals surface area contributed by atoms with Gasteiger partial charge >= 0.3 is 0 Å². The standard InChI is InChI=1S/C18H17FN4O2S.C11H16N2O.H2/c19-16-9-18(12-20-11-16)23-13-15(10-21-23)14-1-3-17(4-2-14)22-5-7-26(24,25)8-6-22;12-8-11(6-7-11)13-10(14)9-4-2-1-3-5-9;/h1-4,9-13H,5-8H2;9H,1-7H2,(H,13,14);1H. The molecule has 1 amide bonds. The molecule has 1 aromatic carbocycles. The summed E-state index contributed by atoms with van der Waals surface area (Å²) in [5.74, 6) is 0.276. The molecule has 3 heterocycles. The number of pyridine rings is 1. The first kappa shape index (κ1) is 27.8. The van der Waals surface area contributed by atoms with Gasteiger partial charge < -0.3 is 10.2 Å². The Kier molecular flexibility index (Phi) is 8.17. The van der Waals surface area contributed by atoms with E-state index in [0.29, 0.717) is 18.8 Å². The highest BCUT2D eigenvalue weighted by Crippen LogP contribution is 2.35. The van der Waals surface area contributed by atoms with Crippen molar-refractivity contribution in [3.05, 3.63) is 60.9 Å². The molecule has 212 valence electrons. The van der Waals surface area contributed by atoms with Crippen LogP contribution in [0.1, 0.15) is 46.4 Å². The van der Waals surface area contributed by atoms with Crippen LogP contribution in [0.2, 0.25) is 0 Å². The van der Waals surface area contributed by atoms with Crippen molar-refractivity contribution in [2.75, 3.05) is 29.5 Å². The van der Waals surface area contributed by atoms with Gasteiger partial charge in [0.2, 0.25) is 5.91 Å². The van der Waals surface area contributed by atoms with Crippen LogP contribution in [0.5, 0.6) is 0 Å². The number of anilines is 1. The number of carbonyl (C=O) groups is 1. The first-order valence-electron chi connectivity index (χ1n) is 13.7. The molecule has 0 atom stereocenters. The predicted octanol–water partition coefficient (Wildman–Crippen LogP) is 4.29. The minimum absolute atomic E-state index is 0. The molecule has 0 spiro atoms. The summed E-state index contributed by atoms with van der Waals surface area (Å²) in [6.07, 6.45) is 13.5. The van der Waals surface area contributed by atoms with Gasteiger partial charge in [0, 0.05) is 43.9 Å². The van der Waals surface area contributed by atoms with Crippen LogP contribution in [0.15, 0.2) is 55.1 Å². The number of hydrogen-bond donors (Lipinski definition) is 1. The third-order valence-electron chi connectivity index (χ3n) is 7.75. The molecule has 0 radical (unpaired) electrons. The average molecular weight is 567 g/mol. The Morgan fingerprint density at radius 3 is 2.35 bits per heavy atom. The van der Waals surface area contributed by atoms with Crippen molar-refractivity contribution in [3.63, 3.8) is 0 Å². The summed E-state index contributed by atoms with van der Waals surface area (Å²) in [4.78, 5) is 17.7. The highest BCUT2D eigenvalue weighted by molar-refractivity contribution is 7.91. The quantitative estimate of drug-likeness (QED) is 0.489. The molecular weight excluding hydrogens is 531 g/mol. The Bertz CT molecular complexity index is 1480. The van der Waals surface area contributed by atoms with Crippen molar-refractivity contribution >= 4 is 21.4 Å². The summed E-state index contributed by atoms with van der Waals surface area (Å²) < 4.78 is 38.0. The van der Waals surface area contributed by atoms with E-state index in [1.807, 2.05) is 30.5 Å². The maximum Gasteiger partial charge on any atom is 0.224 e. The van der Waals surface area contributed by atoms with E-state index in [1.165, 1.54) is 12.5 Å². The SMILES string of the molecule is N#CC1(NC(=O)C2CCCCC2)CC1.O=S1(=O)CCN(c2ccc(-c3cnn(-c4cncc(F)c4)c3)cc2)CC1.[HH]. The topological polar surface area (TPSA) is 121 Å². The summed E-state index contributed by atoms with van der Waals surface area (Å²) in [5.41, 5.74) is 2.97. The van der Waals surface area contributed by atoms with Crippen LogP contribution in [0, 0.1) is 23.1 Å². The maximum atomic E-state index is 13.3. The molecule has 11 heteroatoms. The Morgan fingerprint density at radius 2 is 1.73 bits per heavy atom. The predicted molar refractivity (Wildman–Crippen MR) is 152 cm³/mol. The lowest BCUT2D eigenvalue weighted by Gasteiger charge is -2.28. The molecule has 2 saturated carbocycles. The van der Waals surface area contributed by atoms with Crippen LogP contribution >= 0.6 is 0 Å². The molecule has 2 aromatic heterocycles. The van der Waals surface area contributed by atoms with E-state index in [0.717, 1.165) is 61.5 Å². The Morgan fingerprint density at radius 1 is 1.02 bits per heavy atom. The monoisotopic (exact) mass is 566 g/mol. The molecule has 1 N–H and O–H groups in total. The zero-order valence-electron chi connectivity index (χ0n) is 22.3. The van der Waals surface area contributed by atoms with Crippen molar-refractivity contribution in [1.82, 2.24) is 20.1 Å². The number of nitrogens with zero attached hydrogens (tertiary/aromatic N) is 5. The van der Waals surface area contributed by atoms with E-state index in [-0.39, 0.29) is 24.8 Å². The highest BCUT2D eigenvalue weighted by Gasteiger charge is 2.45. The zero-order chi connectivity index (χ0) is 28.2. The van der Waals surface area contributed by atoms with Gasteiger partial charge in [-0.1, -0.05) is 31.4 Å². The molecule has 6 rings (SSSR count). The summed E-state index contributed by atoms with van der Waals surface area (Å²) in [6, 6.07) is 11.5. The first-order chi connectivity index (χ1) is 19.3. The lowest BCUT2D eigenvalue weighted by molar-refractivity contribution is -0.126. The highest BCUT2D eigenvalue weighted by atomic mass is 32.2. The molecule has 3 aliphatic rings. The Hall–Kier alpha value is -3.78. The normalized spacial score (nSPS) is 19.6. The molecule has 0 bridgehead atoms. The summed E-state index contributed by atoms with van der Waals surface area (Å²) >= 11 is 0. The molecule has 0 unspecified atom stereocenters. The van der Waals surface area contributed by atoms with Gasteiger partial charge in [-0.2, -0.15) is 10.4 Å². The molecule has 1 aliphatic heterocycles. The number of sulfone groups is 1. The number of benzene rings is 1. The number of nitriles is 1. The van der Waals surface area contributed by atoms with Gasteiger partial charge in [-0.15, -0.1) is 0 Å². The number of nitrogens with one attached hydrogen (secondary N) is 1. The first-order valence-corrected chi connectivity index (χ1v) is 15.5. The minimum atomic E-state index is -2.89. The third kappa shape index (κ3) is 6.86. The smallest absolute Gasteiger partial charge is 0.224 e. The van der Waals surface area contributed by atoms with E-state index in [4.69, 9.17) is 5.26 Å². The van der Waals surface area contributed by atoms with Crippen molar-refractivity contribution in [1.29, 1.82) is 5.26 Å². The van der Waals surface area contributed by atoms with E-state index >= 15 is 0 Å². The second-order valence-corrected chi connectivity index (χ2v) is 13.0. The van der Waals surface area contributed by atoms with Gasteiger partial charge in [-0.25, -0.2) is 17.5 Å². The van der Waals surface area contributed by atoms with Crippen LogP contribution in [0.25, 0.3) is 16.8 Å². The van der Waals surface area contributed by atoms with Crippen molar-refractivity contribution in [3.8, 4) is 22.9 Å². The summed E-state index contributed by atoms with van der Waals surface area (Å²) in [7, 11) is -2.89. The lowest BCUT2D eigenvalue weighted by Crippen LogP contribution is -2.40. The van der Waals surface area contributed by atoms with Crippen molar-refractivity contribution < 1.29 is 19.0 Å². The molecule has 3 aromatic rings. The lowest BCUT2D eigenvalue weighted by atomic mass is 9.88. The van der Waals surface area contributed by atoms with E-state index in [2.05, 4.69) is 26.4 Å². The number of aromatic nitrogens is 3. The van der Waals surface area contributed by atoms with E-state index in [1.54, 1.807) is 17.1 Å². The average Bonchev–Trinajstić information content (AvgIpc) is 3.56. The third-order valence-corrected chi connectivity index (χ3v) is 9.36. The molecule has 2 aliphatic carbocycles. The minimum Gasteiger partial charge on any atom is -0.369 e. The van der Waals surface area contributed by atoms with Gasteiger partial charge in [-0.3, -0.25) is 9.78 Å². The van der Waals surface area contributed by atoms with Crippen molar-refractivity contribution in [2.24, 2.45) is 5.92 Å². The van der Waals surface area contributed by atoms with Crippen LogP contribution in [0.3, 0.4) is 0 Å². The largest absolute Gasteiger partial charge is 0.369 e. The van der Waals surface area contributed by atoms with Crippen molar-refractivity contribution in [2.45, 2.75) is 50.5 Å². The fourth-order valence-corrected chi connectivity index (χ4v) is 6.27. The molecule has 9 nitrogen and oxygen atoms in total. The summed E-state index contributed by atoms with van der Waals surface area (Å²) in [5, 5.41) is 16.0. The molecule has 1 saturated heterocycles. The second kappa shape index (κ2) is 11.8. The zero-order valence-corrected chi connectivity index (χ0v) is 23.1. The van der Waals surface area contributed by atoms with Crippen LogP contribution in [-0.2, 0) is 14.6 Å². The molecule has 40 heavy (non-hydrogen) atoms. The number of rotatable bonds is 5. The van der Waals surface area contributed by atoms with E-state index < -0.39 is 21.2 Å². The van der Waals surface area contributed by atoms with Gasteiger partial charge in [0.15, 0.2) is 9.84 Å². The fraction of sp³-hybridized carbons (Fsp3) is 0.448. The molecular formula is C29H35FN6O3S. The van der Waals surface area contributed by atoms with Gasteiger partial charge in [0.1, 0.15) is 11.4 Å². The van der Waals surface area contributed by atoms with Crippen LogP contribution in [-0.4, -0.2) is 59.2 Å². The van der Waals surface area contributed by atoms with Gasteiger partial charge in [0.25, 0.3) is 0 Å². The Labute approximate surface area is 235 Å². The van der Waals surface area contributed by atoms with Gasteiger partial charge in [-0.05, 0) is 43.4 Å². The fourth-order valence-electron chi connectivity index (χ4n) is 5.07. The van der Waals surface area contributed by atoms with Crippen LogP contribution < -0.4 is 10.2 Å². The number of hydrogen-bond acceptors (Lipinski definition) is 7.